The smallest absolute Gasteiger partial charge is 0.406 e. The van der Waals surface area contributed by atoms with E-state index in [0.29, 0.717) is 18.9 Å². The van der Waals surface area contributed by atoms with Crippen molar-refractivity contribution in [3.05, 3.63) is 12.7 Å². The number of carbonyl (C=O) groups is 1. The highest BCUT2D eigenvalue weighted by molar-refractivity contribution is 6.75. The van der Waals surface area contributed by atoms with Crippen molar-refractivity contribution in [3.8, 4) is 11.8 Å². The van der Waals surface area contributed by atoms with Crippen molar-refractivity contribution in [3.63, 3.8) is 0 Å². The molecule has 0 aromatic rings. The summed E-state index contributed by atoms with van der Waals surface area (Å²) in [5.74, 6) is 6.44. The zero-order valence-corrected chi connectivity index (χ0v) is 28.9. The van der Waals surface area contributed by atoms with Gasteiger partial charge in [0.25, 0.3) is 5.71 Å². The molecule has 0 fully saturated rings. The van der Waals surface area contributed by atoms with E-state index in [1.807, 2.05) is 0 Å². The van der Waals surface area contributed by atoms with Crippen molar-refractivity contribution < 1.29 is 22.6 Å². The first-order chi connectivity index (χ1) is 15.9. The summed E-state index contributed by atoms with van der Waals surface area (Å²) in [7, 11) is -6.43. The molecule has 5 nitrogen and oxygen atoms in total. The van der Waals surface area contributed by atoms with Gasteiger partial charge in [0.05, 0.1) is 6.61 Å². The molecule has 2 atom stereocenters. The largest absolute Gasteiger partial charge is 0.419 e. The molecule has 0 saturated heterocycles. The van der Waals surface area contributed by atoms with E-state index < -0.39 is 37.2 Å². The van der Waals surface area contributed by atoms with Crippen LogP contribution in [0.4, 0.5) is 0 Å². The van der Waals surface area contributed by atoms with E-state index in [4.69, 9.17) is 13.3 Å². The molecule has 0 unspecified atom stereocenters. The summed E-state index contributed by atoms with van der Waals surface area (Å²) in [6, 6.07) is 0. The Hall–Kier alpha value is -0.829. The molecule has 0 spiro atoms. The normalized spacial score (nSPS) is 20.5. The maximum absolute atomic E-state index is 13.8. The molecule has 1 aliphatic rings. The van der Waals surface area contributed by atoms with Gasteiger partial charge in [0.2, 0.25) is 6.10 Å². The lowest BCUT2D eigenvalue weighted by Gasteiger charge is -2.41. The lowest BCUT2D eigenvalue weighted by Crippen LogP contribution is -2.53. The summed E-state index contributed by atoms with van der Waals surface area (Å²) in [6.45, 7) is 37.6. The van der Waals surface area contributed by atoms with Gasteiger partial charge in [0.1, 0.15) is 0 Å². The molecule has 0 aromatic heterocycles. The van der Waals surface area contributed by atoms with Gasteiger partial charge in [-0.25, -0.2) is 4.79 Å². The summed E-state index contributed by atoms with van der Waals surface area (Å²) < 4.78 is 21.7. The minimum Gasteiger partial charge on any atom is -0.406 e. The third kappa shape index (κ3) is 7.61. The number of carbonyl (C=O) groups excluding carboxylic acids is 1. The number of nitrogens with zero attached hydrogens (tertiary/aromatic N) is 1. The van der Waals surface area contributed by atoms with Crippen LogP contribution in [0.5, 0.6) is 0 Å². The average molecular weight is 553 g/mol. The Morgan fingerprint density at radius 3 is 1.61 bits per heavy atom. The van der Waals surface area contributed by atoms with Crippen LogP contribution in [-0.2, 0) is 18.1 Å². The van der Waals surface area contributed by atoms with Crippen molar-refractivity contribution in [1.82, 2.24) is 0 Å². The van der Waals surface area contributed by atoms with Gasteiger partial charge < -0.3 is 13.3 Å². The Morgan fingerprint density at radius 2 is 1.22 bits per heavy atom. The van der Waals surface area contributed by atoms with Crippen molar-refractivity contribution in [2.75, 3.05) is 13.2 Å². The van der Waals surface area contributed by atoms with E-state index in [2.05, 4.69) is 120 Å². The first-order valence-corrected chi connectivity index (χ1v) is 21.9. The predicted octanol–water partition coefficient (Wildman–Crippen LogP) is 6.97. The Morgan fingerprint density at radius 1 is 0.806 bits per heavy atom. The molecular formula is C28H54NO4Si3+. The van der Waals surface area contributed by atoms with Crippen LogP contribution in [0.25, 0.3) is 0 Å². The van der Waals surface area contributed by atoms with E-state index in [9.17, 15) is 4.79 Å². The quantitative estimate of drug-likeness (QED) is 0.141. The average Bonchev–Trinajstić information content (AvgIpc) is 2.87. The Labute approximate surface area is 225 Å². The molecule has 0 saturated carbocycles. The van der Waals surface area contributed by atoms with Crippen LogP contribution in [0.2, 0.25) is 54.4 Å². The van der Waals surface area contributed by atoms with Crippen LogP contribution in [0.1, 0.15) is 62.3 Å². The van der Waals surface area contributed by atoms with Crippen molar-refractivity contribution in [2.45, 2.75) is 129 Å². The molecule has 206 valence electrons. The fraction of sp³-hybridized carbons (Fsp3) is 0.786. The third-order valence-electron chi connectivity index (χ3n) is 8.64. The van der Waals surface area contributed by atoms with Crippen molar-refractivity contribution in [2.24, 2.45) is 0 Å². The highest BCUT2D eigenvalue weighted by Crippen LogP contribution is 2.41. The molecular weight excluding hydrogens is 499 g/mol. The van der Waals surface area contributed by atoms with Gasteiger partial charge >= 0.3 is 5.91 Å². The first-order valence-electron chi connectivity index (χ1n) is 13.2. The summed E-state index contributed by atoms with van der Waals surface area (Å²) >= 11 is 0. The van der Waals surface area contributed by atoms with E-state index in [1.165, 1.54) is 0 Å². The molecule has 0 radical (unpaired) electrons. The SMILES string of the molecule is C=CC[N+]1=C(C#CCO[Si](C)(C)C(C)(C)C)[C@@H](O[Si](C)(C)C(C)(C)C)[C@H](O[Si](C)(C)C(C)(C)C)C1=O. The monoisotopic (exact) mass is 552 g/mol. The van der Waals surface area contributed by atoms with Crippen LogP contribution < -0.4 is 0 Å². The Bertz CT molecular complexity index is 920. The van der Waals surface area contributed by atoms with Gasteiger partial charge in [0, 0.05) is 5.92 Å². The second kappa shape index (κ2) is 11.1. The van der Waals surface area contributed by atoms with E-state index in [0.717, 1.165) is 0 Å². The highest BCUT2D eigenvalue weighted by atomic mass is 28.4. The van der Waals surface area contributed by atoms with Crippen LogP contribution in [0.15, 0.2) is 12.7 Å². The minimum absolute atomic E-state index is 0.0204. The predicted molar refractivity (Wildman–Crippen MR) is 160 cm³/mol. The number of amides is 1. The molecule has 0 aromatic carbocycles. The van der Waals surface area contributed by atoms with E-state index >= 15 is 0 Å². The van der Waals surface area contributed by atoms with Gasteiger partial charge in [-0.05, 0) is 60.5 Å². The Balaban J connectivity index is 3.54. The maximum Gasteiger partial charge on any atom is 0.419 e. The third-order valence-corrected chi connectivity index (χ3v) is 22.0. The molecule has 0 bridgehead atoms. The van der Waals surface area contributed by atoms with Crippen LogP contribution >= 0.6 is 0 Å². The number of hydrogen-bond acceptors (Lipinski definition) is 4. The molecule has 0 aliphatic carbocycles. The standard InChI is InChI=1S/C28H54NO4Si3/c1-17-20-29-22(19-18-21-31-34(11,12)26(2,3)4)23(32-35(13,14)27(5,6)7)24(25(29)30)33-36(15,16)28(8,9)10/h17,23-24H,1,20-21H2,2-16H3/q+1/t23-,24+/m1/s1. The zero-order chi connectivity index (χ0) is 28.5. The van der Waals surface area contributed by atoms with Crippen LogP contribution in [0.3, 0.4) is 0 Å². The molecule has 1 heterocycles. The summed E-state index contributed by atoms with van der Waals surface area (Å²) in [6.07, 6.45) is 0.502. The summed E-state index contributed by atoms with van der Waals surface area (Å²) in [4.78, 5) is 13.8. The molecule has 0 N–H and O–H groups in total. The van der Waals surface area contributed by atoms with Crippen molar-refractivity contribution >= 4 is 36.6 Å². The maximum atomic E-state index is 13.8. The molecule has 1 aliphatic heterocycles. The zero-order valence-electron chi connectivity index (χ0n) is 25.9. The molecule has 1 amide bonds. The highest BCUT2D eigenvalue weighted by Gasteiger charge is 2.57. The topological polar surface area (TPSA) is 47.8 Å². The van der Waals surface area contributed by atoms with E-state index in [1.54, 1.807) is 10.7 Å². The molecule has 8 heteroatoms. The minimum atomic E-state index is -2.26. The lowest BCUT2D eigenvalue weighted by molar-refractivity contribution is -0.435. The van der Waals surface area contributed by atoms with Crippen LogP contribution in [-0.4, -0.2) is 66.5 Å². The Kier molecular flexibility index (Phi) is 10.2. The fourth-order valence-corrected chi connectivity index (χ4v) is 6.24. The van der Waals surface area contributed by atoms with Gasteiger partial charge in [-0.1, -0.05) is 74.8 Å². The van der Waals surface area contributed by atoms with Gasteiger partial charge in [0.15, 0.2) is 37.6 Å². The summed E-state index contributed by atoms with van der Waals surface area (Å²) in [5, 5.41) is 0.0486. The second-order valence-corrected chi connectivity index (χ2v) is 28.9. The van der Waals surface area contributed by atoms with E-state index in [-0.39, 0.29) is 21.0 Å². The number of rotatable bonds is 8. The fourth-order valence-electron chi connectivity index (χ4n) is 2.93. The van der Waals surface area contributed by atoms with Crippen LogP contribution in [0, 0.1) is 11.8 Å². The molecule has 1 rings (SSSR count). The van der Waals surface area contributed by atoms with Crippen molar-refractivity contribution in [1.29, 1.82) is 0 Å². The van der Waals surface area contributed by atoms with Gasteiger partial charge in [-0.2, -0.15) is 0 Å². The van der Waals surface area contributed by atoms with Gasteiger partial charge in [-0.3, -0.25) is 0 Å². The molecule has 36 heavy (non-hydrogen) atoms. The first kappa shape index (κ1) is 33.2. The second-order valence-electron chi connectivity index (χ2n) is 14.6. The number of hydrogen-bond donors (Lipinski definition) is 0. The lowest BCUT2D eigenvalue weighted by atomic mass is 10.1. The summed E-state index contributed by atoms with van der Waals surface area (Å²) in [5.41, 5.74) is 0.673. The van der Waals surface area contributed by atoms with Gasteiger partial charge in [-0.15, -0.1) is 4.58 Å².